The van der Waals surface area contributed by atoms with E-state index in [4.69, 9.17) is 9.47 Å². The first-order valence-electron chi connectivity index (χ1n) is 23.8. The highest BCUT2D eigenvalue weighted by Crippen LogP contribution is 2.25. The van der Waals surface area contributed by atoms with Gasteiger partial charge in [0.15, 0.2) is 12.4 Å². The molecule has 6 nitrogen and oxygen atoms in total. The molecule has 0 saturated heterocycles. The van der Waals surface area contributed by atoms with Gasteiger partial charge in [-0.05, 0) is 62.1 Å². The van der Waals surface area contributed by atoms with Gasteiger partial charge in [0.25, 0.3) is 11.0 Å². The molecular formula is C52H78N2O4+2. The Bertz CT molecular complexity index is 1600. The molecule has 2 heterocycles. The molecule has 2 aromatic carbocycles. The van der Waals surface area contributed by atoms with E-state index >= 15 is 0 Å². The van der Waals surface area contributed by atoms with Gasteiger partial charge in [0.1, 0.15) is 13.1 Å². The predicted octanol–water partition coefficient (Wildman–Crippen LogP) is 14.0. The maximum absolute atomic E-state index is 12.9. The summed E-state index contributed by atoms with van der Waals surface area (Å²) in [5.74, 6) is 1.06. The first-order chi connectivity index (χ1) is 28.6. The van der Waals surface area contributed by atoms with E-state index in [9.17, 15) is 9.59 Å². The average Bonchev–Trinajstić information content (AvgIpc) is 3.23. The number of aromatic nitrogens is 2. The lowest BCUT2D eigenvalue weighted by molar-refractivity contribution is -0.673. The molecule has 0 bridgehead atoms. The second kappa shape index (κ2) is 29.4. The number of benzene rings is 2. The third-order valence-corrected chi connectivity index (χ3v) is 11.7. The molecule has 6 heteroatoms. The van der Waals surface area contributed by atoms with Crippen LogP contribution >= 0.6 is 0 Å². The standard InChI is InChI=1S/C52H78N2O4/c1-3-5-7-9-11-13-15-17-19-21-25-39-49(55)57-47-37-29-33-45-35-31-43-53(51(45)47)41-27-23-24-28-42-54-44-32-36-46-34-30-38-48(52(46)54)58-50(56)40-26-22-20-18-16-14-12-10-8-6-4-2/h29-38,43-44H,3-28,39-42H2,1-2H3/q+2. The lowest BCUT2D eigenvalue weighted by atomic mass is 10.1. The Hall–Kier alpha value is -3.80. The zero-order valence-corrected chi connectivity index (χ0v) is 36.7. The van der Waals surface area contributed by atoms with E-state index in [1.54, 1.807) is 0 Å². The summed E-state index contributed by atoms with van der Waals surface area (Å²) in [5, 5.41) is 2.18. The van der Waals surface area contributed by atoms with E-state index in [-0.39, 0.29) is 11.9 Å². The molecule has 0 aliphatic carbocycles. The zero-order valence-electron chi connectivity index (χ0n) is 36.7. The number of pyridine rings is 2. The highest BCUT2D eigenvalue weighted by Gasteiger charge is 2.19. The second-order valence-electron chi connectivity index (χ2n) is 16.7. The molecule has 0 fully saturated rings. The number of hydrogen-bond donors (Lipinski definition) is 0. The van der Waals surface area contributed by atoms with Crippen LogP contribution in [0.15, 0.2) is 73.1 Å². The summed E-state index contributed by atoms with van der Waals surface area (Å²) in [6.45, 7) is 6.27. The SMILES string of the molecule is CCCCCCCCCCCCCC(=O)Oc1cccc2ccc[n+](CCCCCC[n+]3cccc4cccc(OC(=O)CCCCCCCCCCCCC)c43)c12. The summed E-state index contributed by atoms with van der Waals surface area (Å²) in [6.07, 6.45) is 37.2. The summed E-state index contributed by atoms with van der Waals surface area (Å²) in [4.78, 5) is 25.8. The van der Waals surface area contributed by atoms with Crippen LogP contribution in [0.3, 0.4) is 0 Å². The van der Waals surface area contributed by atoms with Gasteiger partial charge in [0.2, 0.25) is 11.5 Å². The van der Waals surface area contributed by atoms with Crippen molar-refractivity contribution < 1.29 is 28.2 Å². The molecule has 318 valence electrons. The molecule has 0 amide bonds. The number of carbonyl (C=O) groups excluding carboxylic acids is 2. The van der Waals surface area contributed by atoms with Gasteiger partial charge >= 0.3 is 11.9 Å². The van der Waals surface area contributed by atoms with E-state index in [0.717, 1.165) is 86.3 Å². The molecule has 2 aromatic heterocycles. The van der Waals surface area contributed by atoms with E-state index in [1.807, 2.05) is 24.3 Å². The largest absolute Gasteiger partial charge is 0.419 e. The van der Waals surface area contributed by atoms with E-state index in [2.05, 4.69) is 71.8 Å². The summed E-state index contributed by atoms with van der Waals surface area (Å²) in [6, 6.07) is 20.4. The van der Waals surface area contributed by atoms with Crippen LogP contribution in [0.25, 0.3) is 21.8 Å². The molecule has 4 rings (SSSR count). The molecule has 0 spiro atoms. The average molecular weight is 795 g/mol. The van der Waals surface area contributed by atoms with Crippen LogP contribution in [0.5, 0.6) is 11.5 Å². The lowest BCUT2D eigenvalue weighted by Gasteiger charge is -2.09. The molecule has 0 atom stereocenters. The minimum Gasteiger partial charge on any atom is -0.419 e. The fraction of sp³-hybridized carbons (Fsp3) is 0.615. The number of ether oxygens (including phenoxy) is 2. The van der Waals surface area contributed by atoms with Crippen molar-refractivity contribution in [1.29, 1.82) is 0 Å². The minimum absolute atomic E-state index is 0.132. The number of unbranched alkanes of at least 4 members (excludes halogenated alkanes) is 23. The summed E-state index contributed by atoms with van der Waals surface area (Å²) in [5.41, 5.74) is 1.99. The molecule has 0 radical (unpaired) electrons. The minimum atomic E-state index is -0.132. The van der Waals surface area contributed by atoms with Crippen LogP contribution in [-0.2, 0) is 22.7 Å². The maximum atomic E-state index is 12.9. The number of para-hydroxylation sites is 2. The van der Waals surface area contributed by atoms with Gasteiger partial charge in [-0.2, -0.15) is 9.13 Å². The zero-order chi connectivity index (χ0) is 40.9. The van der Waals surface area contributed by atoms with Crippen LogP contribution in [0, 0.1) is 0 Å². The van der Waals surface area contributed by atoms with Gasteiger partial charge in [0.05, 0.1) is 10.8 Å². The normalized spacial score (nSPS) is 11.4. The van der Waals surface area contributed by atoms with Gasteiger partial charge in [0, 0.05) is 37.8 Å². The highest BCUT2D eigenvalue weighted by molar-refractivity contribution is 5.85. The number of hydrogen-bond acceptors (Lipinski definition) is 4. The maximum Gasteiger partial charge on any atom is 0.311 e. The highest BCUT2D eigenvalue weighted by atomic mass is 16.5. The number of fused-ring (bicyclic) bond motifs is 2. The molecule has 0 N–H and O–H groups in total. The molecule has 0 aliphatic rings. The first kappa shape index (κ1) is 46.9. The summed E-state index contributed by atoms with van der Waals surface area (Å²) >= 11 is 0. The Morgan fingerprint density at radius 3 is 1.07 bits per heavy atom. The lowest BCUT2D eigenvalue weighted by Crippen LogP contribution is -2.35. The molecule has 4 aromatic rings. The Labute approximate surface area is 352 Å². The van der Waals surface area contributed by atoms with Crippen LogP contribution in [-0.4, -0.2) is 11.9 Å². The number of carbonyl (C=O) groups is 2. The van der Waals surface area contributed by atoms with Gasteiger partial charge in [-0.3, -0.25) is 9.59 Å². The van der Waals surface area contributed by atoms with Crippen molar-refractivity contribution >= 4 is 33.7 Å². The van der Waals surface area contributed by atoms with Gasteiger partial charge in [-0.1, -0.05) is 154 Å². The predicted molar refractivity (Wildman–Crippen MR) is 240 cm³/mol. The molecule has 0 saturated carbocycles. The molecular weight excluding hydrogens is 717 g/mol. The Morgan fingerprint density at radius 2 is 0.707 bits per heavy atom. The molecule has 58 heavy (non-hydrogen) atoms. The molecule has 0 unspecified atom stereocenters. The quantitative estimate of drug-likeness (QED) is 0.0209. The van der Waals surface area contributed by atoms with Crippen LogP contribution in [0.4, 0.5) is 0 Å². The van der Waals surface area contributed by atoms with Crippen molar-refractivity contribution in [3.63, 3.8) is 0 Å². The van der Waals surface area contributed by atoms with Crippen molar-refractivity contribution in [3.05, 3.63) is 73.1 Å². The Kier molecular flexibility index (Phi) is 23.8. The Morgan fingerprint density at radius 1 is 0.397 bits per heavy atom. The topological polar surface area (TPSA) is 60.4 Å². The van der Waals surface area contributed by atoms with Crippen molar-refractivity contribution in [2.45, 2.75) is 207 Å². The molecule has 0 aliphatic heterocycles. The van der Waals surface area contributed by atoms with Gasteiger partial charge in [-0.15, -0.1) is 0 Å². The number of esters is 2. The van der Waals surface area contributed by atoms with Crippen LogP contribution in [0.1, 0.15) is 194 Å². The van der Waals surface area contributed by atoms with Crippen LogP contribution < -0.4 is 18.6 Å². The smallest absolute Gasteiger partial charge is 0.311 e. The number of rotatable bonds is 33. The van der Waals surface area contributed by atoms with Crippen LogP contribution in [0.2, 0.25) is 0 Å². The first-order valence-corrected chi connectivity index (χ1v) is 23.8. The van der Waals surface area contributed by atoms with Gasteiger partial charge < -0.3 is 9.47 Å². The number of nitrogens with zero attached hydrogens (tertiary/aromatic N) is 2. The fourth-order valence-electron chi connectivity index (χ4n) is 8.28. The van der Waals surface area contributed by atoms with Gasteiger partial charge in [-0.25, -0.2) is 0 Å². The van der Waals surface area contributed by atoms with Crippen molar-refractivity contribution in [3.8, 4) is 11.5 Å². The third-order valence-electron chi connectivity index (χ3n) is 11.7. The third kappa shape index (κ3) is 18.0. The van der Waals surface area contributed by atoms with Crippen molar-refractivity contribution in [1.82, 2.24) is 0 Å². The van der Waals surface area contributed by atoms with Crippen molar-refractivity contribution in [2.24, 2.45) is 0 Å². The Balaban J connectivity index is 1.16. The van der Waals surface area contributed by atoms with E-state index in [0.29, 0.717) is 24.3 Å². The van der Waals surface area contributed by atoms with Crippen molar-refractivity contribution in [2.75, 3.05) is 0 Å². The summed E-state index contributed by atoms with van der Waals surface area (Å²) < 4.78 is 16.5. The fourth-order valence-corrected chi connectivity index (χ4v) is 8.28. The summed E-state index contributed by atoms with van der Waals surface area (Å²) in [7, 11) is 0. The van der Waals surface area contributed by atoms with E-state index in [1.165, 1.54) is 116 Å². The second-order valence-corrected chi connectivity index (χ2v) is 16.7. The monoisotopic (exact) mass is 795 g/mol. The number of aryl methyl sites for hydroxylation is 2. The van der Waals surface area contributed by atoms with E-state index < -0.39 is 0 Å².